The van der Waals surface area contributed by atoms with Crippen molar-refractivity contribution in [3.05, 3.63) is 29.8 Å². The van der Waals surface area contributed by atoms with Crippen LogP contribution < -0.4 is 11.5 Å². The zero-order valence-corrected chi connectivity index (χ0v) is 9.85. The Balaban J connectivity index is 2.75. The van der Waals surface area contributed by atoms with Crippen LogP contribution in [0.2, 0.25) is 0 Å². The van der Waals surface area contributed by atoms with Gasteiger partial charge < -0.3 is 16.4 Å². The molecule has 0 aromatic heterocycles. The van der Waals surface area contributed by atoms with Crippen molar-refractivity contribution in [2.75, 3.05) is 12.3 Å². The topological polar surface area (TPSA) is 89.4 Å². The fourth-order valence-electron chi connectivity index (χ4n) is 1.49. The first-order chi connectivity index (χ1) is 8.02. The van der Waals surface area contributed by atoms with Gasteiger partial charge in [-0.1, -0.05) is 19.1 Å². The third-order valence-electron chi connectivity index (χ3n) is 2.36. The molecule has 5 heteroatoms. The van der Waals surface area contributed by atoms with Gasteiger partial charge in [0, 0.05) is 18.7 Å². The lowest BCUT2D eigenvalue weighted by Crippen LogP contribution is -2.37. The smallest absolute Gasteiger partial charge is 0.237 e. The molecule has 5 nitrogen and oxygen atoms in total. The average molecular weight is 235 g/mol. The standard InChI is InChI=1S/C12H17N3O2/c1-2-12(17)15(8-11(14)16)7-9-3-5-10(13)6-4-9/h3-6H,2,7-8,13H2,1H3,(H2,14,16). The Morgan fingerprint density at radius 2 is 1.82 bits per heavy atom. The molecule has 0 aliphatic heterocycles. The molecule has 4 N–H and O–H groups in total. The van der Waals surface area contributed by atoms with Crippen LogP contribution in [0.3, 0.4) is 0 Å². The molecule has 0 heterocycles. The second kappa shape index (κ2) is 5.89. The van der Waals surface area contributed by atoms with Crippen molar-refractivity contribution in [2.45, 2.75) is 19.9 Å². The van der Waals surface area contributed by atoms with Gasteiger partial charge in [0.25, 0.3) is 0 Å². The van der Waals surface area contributed by atoms with Crippen LogP contribution in [0.5, 0.6) is 0 Å². The van der Waals surface area contributed by atoms with Crippen LogP contribution in [0.4, 0.5) is 5.69 Å². The summed E-state index contributed by atoms with van der Waals surface area (Å²) < 4.78 is 0. The molecular weight excluding hydrogens is 218 g/mol. The minimum Gasteiger partial charge on any atom is -0.399 e. The van der Waals surface area contributed by atoms with E-state index in [1.165, 1.54) is 4.90 Å². The highest BCUT2D eigenvalue weighted by atomic mass is 16.2. The Morgan fingerprint density at radius 3 is 2.29 bits per heavy atom. The van der Waals surface area contributed by atoms with E-state index in [0.29, 0.717) is 18.7 Å². The predicted octanol–water partition coefficient (Wildman–Crippen LogP) is 0.493. The molecule has 1 rings (SSSR count). The van der Waals surface area contributed by atoms with Gasteiger partial charge in [-0.2, -0.15) is 0 Å². The lowest BCUT2D eigenvalue weighted by atomic mass is 10.2. The Bertz CT molecular complexity index is 401. The molecule has 2 amide bonds. The van der Waals surface area contributed by atoms with Crippen LogP contribution >= 0.6 is 0 Å². The van der Waals surface area contributed by atoms with E-state index in [9.17, 15) is 9.59 Å². The molecular formula is C12H17N3O2. The highest BCUT2D eigenvalue weighted by molar-refractivity contribution is 5.83. The number of carbonyl (C=O) groups excluding carboxylic acids is 2. The minimum atomic E-state index is -0.512. The lowest BCUT2D eigenvalue weighted by Gasteiger charge is -2.20. The number of nitrogens with two attached hydrogens (primary N) is 2. The van der Waals surface area contributed by atoms with E-state index in [1.807, 2.05) is 12.1 Å². The summed E-state index contributed by atoms with van der Waals surface area (Å²) in [5.41, 5.74) is 12.3. The molecule has 0 saturated heterocycles. The van der Waals surface area contributed by atoms with Crippen molar-refractivity contribution >= 4 is 17.5 Å². The van der Waals surface area contributed by atoms with Crippen LogP contribution in [0, 0.1) is 0 Å². The highest BCUT2D eigenvalue weighted by Crippen LogP contribution is 2.09. The number of nitrogen functional groups attached to an aromatic ring is 1. The van der Waals surface area contributed by atoms with E-state index in [4.69, 9.17) is 11.5 Å². The highest BCUT2D eigenvalue weighted by Gasteiger charge is 2.14. The Morgan fingerprint density at radius 1 is 1.24 bits per heavy atom. The Hall–Kier alpha value is -2.04. The molecule has 1 aromatic carbocycles. The van der Waals surface area contributed by atoms with E-state index in [2.05, 4.69) is 0 Å². The van der Waals surface area contributed by atoms with E-state index < -0.39 is 5.91 Å². The van der Waals surface area contributed by atoms with Gasteiger partial charge in [-0.15, -0.1) is 0 Å². The summed E-state index contributed by atoms with van der Waals surface area (Å²) in [6.45, 7) is 2.06. The van der Waals surface area contributed by atoms with Crippen molar-refractivity contribution in [3.8, 4) is 0 Å². The first kappa shape index (κ1) is 13.0. The molecule has 0 saturated carbocycles. The van der Waals surface area contributed by atoms with Crippen LogP contribution in [-0.4, -0.2) is 23.3 Å². The van der Waals surface area contributed by atoms with Crippen LogP contribution in [0.15, 0.2) is 24.3 Å². The van der Waals surface area contributed by atoms with E-state index in [-0.39, 0.29) is 12.5 Å². The molecule has 0 radical (unpaired) electrons. The Labute approximate surface area is 100 Å². The average Bonchev–Trinajstić information content (AvgIpc) is 2.29. The largest absolute Gasteiger partial charge is 0.399 e. The summed E-state index contributed by atoms with van der Waals surface area (Å²) in [6.07, 6.45) is 0.349. The Kier molecular flexibility index (Phi) is 4.51. The van der Waals surface area contributed by atoms with Crippen molar-refractivity contribution in [1.82, 2.24) is 4.90 Å². The zero-order chi connectivity index (χ0) is 12.8. The summed E-state index contributed by atoms with van der Waals surface area (Å²) in [5.74, 6) is -0.608. The molecule has 92 valence electrons. The number of anilines is 1. The molecule has 0 atom stereocenters. The third-order valence-corrected chi connectivity index (χ3v) is 2.36. The minimum absolute atomic E-state index is 0.0585. The maximum atomic E-state index is 11.6. The first-order valence-electron chi connectivity index (χ1n) is 5.43. The van der Waals surface area contributed by atoms with Crippen molar-refractivity contribution in [1.29, 1.82) is 0 Å². The number of rotatable bonds is 5. The fraction of sp³-hybridized carbons (Fsp3) is 0.333. The van der Waals surface area contributed by atoms with Gasteiger partial charge in [0.15, 0.2) is 0 Å². The summed E-state index contributed by atoms with van der Waals surface area (Å²) in [6, 6.07) is 7.17. The number of hydrogen-bond acceptors (Lipinski definition) is 3. The number of benzene rings is 1. The maximum absolute atomic E-state index is 11.6. The van der Waals surface area contributed by atoms with Gasteiger partial charge in [-0.3, -0.25) is 9.59 Å². The summed E-state index contributed by atoms with van der Waals surface area (Å²) >= 11 is 0. The van der Waals surface area contributed by atoms with Gasteiger partial charge in [-0.25, -0.2) is 0 Å². The molecule has 0 spiro atoms. The van der Waals surface area contributed by atoms with Gasteiger partial charge >= 0.3 is 0 Å². The second-order valence-corrected chi connectivity index (χ2v) is 3.81. The zero-order valence-electron chi connectivity index (χ0n) is 9.85. The van der Waals surface area contributed by atoms with Gasteiger partial charge in [0.2, 0.25) is 11.8 Å². The molecule has 0 bridgehead atoms. The number of amides is 2. The SMILES string of the molecule is CCC(=O)N(CC(N)=O)Cc1ccc(N)cc1. The predicted molar refractivity (Wildman–Crippen MR) is 65.8 cm³/mol. The van der Waals surface area contributed by atoms with Gasteiger partial charge in [0.05, 0.1) is 6.54 Å². The molecule has 0 fully saturated rings. The summed E-state index contributed by atoms with van der Waals surface area (Å²) in [4.78, 5) is 23.9. The molecule has 0 aliphatic rings. The molecule has 17 heavy (non-hydrogen) atoms. The number of hydrogen-bond donors (Lipinski definition) is 2. The van der Waals surface area contributed by atoms with Crippen LogP contribution in [0.1, 0.15) is 18.9 Å². The molecule has 0 unspecified atom stereocenters. The molecule has 0 aliphatic carbocycles. The van der Waals surface area contributed by atoms with E-state index in [1.54, 1.807) is 19.1 Å². The monoisotopic (exact) mass is 235 g/mol. The van der Waals surface area contributed by atoms with Gasteiger partial charge in [0.1, 0.15) is 0 Å². The summed E-state index contributed by atoms with van der Waals surface area (Å²) in [7, 11) is 0. The van der Waals surface area contributed by atoms with Crippen molar-refractivity contribution in [3.63, 3.8) is 0 Å². The third kappa shape index (κ3) is 4.14. The van der Waals surface area contributed by atoms with E-state index in [0.717, 1.165) is 5.56 Å². The number of nitrogens with zero attached hydrogens (tertiary/aromatic N) is 1. The number of carbonyl (C=O) groups is 2. The number of primary amides is 1. The molecule has 1 aromatic rings. The fourth-order valence-corrected chi connectivity index (χ4v) is 1.49. The lowest BCUT2D eigenvalue weighted by molar-refractivity contribution is -0.135. The van der Waals surface area contributed by atoms with Crippen molar-refractivity contribution < 1.29 is 9.59 Å². The van der Waals surface area contributed by atoms with Crippen LogP contribution in [-0.2, 0) is 16.1 Å². The first-order valence-corrected chi connectivity index (χ1v) is 5.43. The maximum Gasteiger partial charge on any atom is 0.237 e. The van der Waals surface area contributed by atoms with Crippen LogP contribution in [0.25, 0.3) is 0 Å². The van der Waals surface area contributed by atoms with Crippen molar-refractivity contribution in [2.24, 2.45) is 5.73 Å². The normalized spacial score (nSPS) is 9.94. The quantitative estimate of drug-likeness (QED) is 0.728. The van der Waals surface area contributed by atoms with E-state index >= 15 is 0 Å². The summed E-state index contributed by atoms with van der Waals surface area (Å²) in [5, 5.41) is 0. The second-order valence-electron chi connectivity index (χ2n) is 3.81. The van der Waals surface area contributed by atoms with Gasteiger partial charge in [-0.05, 0) is 17.7 Å².